The molecule has 6 heteroatoms. The number of nitrogens with zero attached hydrogens (tertiary/aromatic N) is 1. The summed E-state index contributed by atoms with van der Waals surface area (Å²) >= 11 is 12.4. The largest absolute Gasteiger partial charge is 0.324 e. The molecule has 1 aliphatic heterocycles. The van der Waals surface area contributed by atoms with E-state index >= 15 is 0 Å². The van der Waals surface area contributed by atoms with E-state index in [-0.39, 0.29) is 17.9 Å². The minimum Gasteiger partial charge on any atom is -0.324 e. The lowest BCUT2D eigenvalue weighted by Gasteiger charge is -2.26. The second-order valence-electron chi connectivity index (χ2n) is 6.04. The molecular weight excluding hydrogens is 371 g/mol. The van der Waals surface area contributed by atoms with E-state index in [9.17, 15) is 9.59 Å². The monoisotopic (exact) mass is 386 g/mol. The molecule has 0 saturated heterocycles. The van der Waals surface area contributed by atoms with Crippen molar-refractivity contribution >= 4 is 46.3 Å². The van der Waals surface area contributed by atoms with Crippen LogP contribution in [0.3, 0.4) is 0 Å². The maximum atomic E-state index is 12.7. The molecule has 1 unspecified atom stereocenters. The first kappa shape index (κ1) is 18.4. The van der Waals surface area contributed by atoms with Gasteiger partial charge in [-0.1, -0.05) is 29.8 Å². The summed E-state index contributed by atoms with van der Waals surface area (Å²) in [6.45, 7) is 1.71. The van der Waals surface area contributed by atoms with Crippen LogP contribution >= 0.6 is 23.2 Å². The number of ketones is 1. The standard InChI is InChI=1S/C20H16Cl2N2O2/c1-13-11-20(22,19(26)24-16-5-3-2-4-6-16)12-17(23-13)18(25)14-7-9-15(21)10-8-14/h2-11H,12H2,1H3,(H,24,26). The van der Waals surface area contributed by atoms with Gasteiger partial charge in [-0.25, -0.2) is 0 Å². The molecule has 0 aromatic heterocycles. The molecule has 0 aliphatic carbocycles. The highest BCUT2D eigenvalue weighted by atomic mass is 35.5. The van der Waals surface area contributed by atoms with Crippen LogP contribution in [0.5, 0.6) is 0 Å². The van der Waals surface area contributed by atoms with E-state index in [1.54, 1.807) is 49.4 Å². The van der Waals surface area contributed by atoms with Crippen LogP contribution in [0.25, 0.3) is 0 Å². The number of hydrogen-bond acceptors (Lipinski definition) is 3. The molecule has 0 fully saturated rings. The van der Waals surface area contributed by atoms with Crippen LogP contribution in [-0.2, 0) is 4.79 Å². The Balaban J connectivity index is 1.83. The molecule has 1 N–H and O–H groups in total. The van der Waals surface area contributed by atoms with Crippen LogP contribution in [0.4, 0.5) is 5.69 Å². The van der Waals surface area contributed by atoms with Crippen molar-refractivity contribution in [2.45, 2.75) is 18.2 Å². The zero-order valence-corrected chi connectivity index (χ0v) is 15.5. The summed E-state index contributed by atoms with van der Waals surface area (Å²) in [4.78, 5) is 28.4. The van der Waals surface area contributed by atoms with Crippen LogP contribution in [0, 0.1) is 0 Å². The molecule has 0 bridgehead atoms. The average Bonchev–Trinajstić information content (AvgIpc) is 2.62. The van der Waals surface area contributed by atoms with Gasteiger partial charge in [-0.3, -0.25) is 14.6 Å². The topological polar surface area (TPSA) is 58.5 Å². The van der Waals surface area contributed by atoms with Crippen molar-refractivity contribution in [3.05, 3.63) is 77.0 Å². The summed E-state index contributed by atoms with van der Waals surface area (Å²) in [6, 6.07) is 15.5. The smallest absolute Gasteiger partial charge is 0.249 e. The first-order valence-electron chi connectivity index (χ1n) is 8.00. The summed E-state index contributed by atoms with van der Waals surface area (Å²) in [7, 11) is 0. The number of anilines is 1. The number of Topliss-reactive ketones (excluding diaryl/α,β-unsaturated/α-hetero) is 1. The molecule has 0 saturated carbocycles. The number of aliphatic imine (C=N–C) groups is 1. The number of rotatable bonds is 4. The van der Waals surface area contributed by atoms with Gasteiger partial charge < -0.3 is 5.32 Å². The van der Waals surface area contributed by atoms with Gasteiger partial charge in [0, 0.05) is 28.4 Å². The molecule has 2 aromatic carbocycles. The molecular formula is C20H16Cl2N2O2. The predicted octanol–water partition coefficient (Wildman–Crippen LogP) is 4.89. The molecule has 0 spiro atoms. The third-order valence-corrected chi connectivity index (χ3v) is 4.62. The maximum Gasteiger partial charge on any atom is 0.249 e. The number of para-hydroxylation sites is 1. The summed E-state index contributed by atoms with van der Waals surface area (Å²) in [5.41, 5.74) is 1.85. The minimum absolute atomic E-state index is 0.00597. The maximum absolute atomic E-state index is 12.7. The van der Waals surface area contributed by atoms with E-state index in [0.717, 1.165) is 0 Å². The molecule has 1 amide bonds. The number of carbonyl (C=O) groups is 2. The van der Waals surface area contributed by atoms with Crippen molar-refractivity contribution in [1.29, 1.82) is 0 Å². The number of hydrogen-bond donors (Lipinski definition) is 1. The predicted molar refractivity (Wildman–Crippen MR) is 105 cm³/mol. The zero-order chi connectivity index (χ0) is 18.7. The number of amides is 1. The summed E-state index contributed by atoms with van der Waals surface area (Å²) in [5, 5.41) is 3.32. The number of allylic oxidation sites excluding steroid dienone is 1. The van der Waals surface area contributed by atoms with Crippen molar-refractivity contribution in [1.82, 2.24) is 0 Å². The van der Waals surface area contributed by atoms with Gasteiger partial charge in [-0.2, -0.15) is 0 Å². The number of alkyl halides is 1. The van der Waals surface area contributed by atoms with Crippen molar-refractivity contribution in [3.8, 4) is 0 Å². The number of benzene rings is 2. The SMILES string of the molecule is CC1=CC(Cl)(C(=O)Nc2ccccc2)CC(C(=O)c2ccc(Cl)cc2)=N1. The summed E-state index contributed by atoms with van der Waals surface area (Å²) in [5.74, 6) is -0.673. The Hall–Kier alpha value is -2.43. The van der Waals surface area contributed by atoms with Crippen LogP contribution in [0.2, 0.25) is 5.02 Å². The van der Waals surface area contributed by atoms with E-state index in [0.29, 0.717) is 22.0 Å². The van der Waals surface area contributed by atoms with Crippen molar-refractivity contribution in [2.24, 2.45) is 4.99 Å². The van der Waals surface area contributed by atoms with Crippen LogP contribution < -0.4 is 5.32 Å². The average molecular weight is 387 g/mol. The van der Waals surface area contributed by atoms with Crippen molar-refractivity contribution in [2.75, 3.05) is 5.32 Å². The fraction of sp³-hybridized carbons (Fsp3) is 0.150. The number of halogens is 2. The molecule has 132 valence electrons. The lowest BCUT2D eigenvalue weighted by Crippen LogP contribution is -2.41. The first-order valence-corrected chi connectivity index (χ1v) is 8.76. The highest BCUT2D eigenvalue weighted by Crippen LogP contribution is 2.31. The Morgan fingerprint density at radius 2 is 1.73 bits per heavy atom. The Morgan fingerprint density at radius 3 is 2.38 bits per heavy atom. The van der Waals surface area contributed by atoms with Crippen LogP contribution in [-0.4, -0.2) is 22.3 Å². The molecule has 3 rings (SSSR count). The van der Waals surface area contributed by atoms with Crippen molar-refractivity contribution in [3.63, 3.8) is 0 Å². The van der Waals surface area contributed by atoms with Gasteiger partial charge in [0.15, 0.2) is 0 Å². The van der Waals surface area contributed by atoms with Gasteiger partial charge in [-0.05, 0) is 49.4 Å². The molecule has 1 aliphatic rings. The van der Waals surface area contributed by atoms with Gasteiger partial charge in [0.05, 0.1) is 5.71 Å². The van der Waals surface area contributed by atoms with Gasteiger partial charge in [0.2, 0.25) is 11.7 Å². The van der Waals surface area contributed by atoms with Gasteiger partial charge in [0.25, 0.3) is 0 Å². The van der Waals surface area contributed by atoms with Gasteiger partial charge in [0.1, 0.15) is 4.87 Å². The highest BCUT2D eigenvalue weighted by molar-refractivity contribution is 6.50. The van der Waals surface area contributed by atoms with Gasteiger partial charge >= 0.3 is 0 Å². The second kappa shape index (κ2) is 7.44. The molecule has 1 atom stereocenters. The third-order valence-electron chi connectivity index (χ3n) is 3.95. The Labute approximate surface area is 161 Å². The van der Waals surface area contributed by atoms with Gasteiger partial charge in [-0.15, -0.1) is 11.6 Å². The normalized spacial score (nSPS) is 19.3. The van der Waals surface area contributed by atoms with Crippen LogP contribution in [0.1, 0.15) is 23.7 Å². The zero-order valence-electron chi connectivity index (χ0n) is 14.0. The minimum atomic E-state index is -1.38. The molecule has 0 radical (unpaired) electrons. The van der Waals surface area contributed by atoms with Crippen LogP contribution in [0.15, 0.2) is 71.4 Å². The quantitative estimate of drug-likeness (QED) is 0.600. The Bertz CT molecular complexity index is 905. The summed E-state index contributed by atoms with van der Waals surface area (Å²) < 4.78 is 0. The molecule has 4 nitrogen and oxygen atoms in total. The number of nitrogens with one attached hydrogen (secondary N) is 1. The van der Waals surface area contributed by atoms with E-state index in [1.165, 1.54) is 0 Å². The lowest BCUT2D eigenvalue weighted by molar-refractivity contribution is -0.117. The Kier molecular flexibility index (Phi) is 5.25. The second-order valence-corrected chi connectivity index (χ2v) is 7.15. The lowest BCUT2D eigenvalue weighted by atomic mass is 9.92. The molecule has 1 heterocycles. The van der Waals surface area contributed by atoms with E-state index < -0.39 is 10.8 Å². The first-order chi connectivity index (χ1) is 12.4. The fourth-order valence-electron chi connectivity index (χ4n) is 2.71. The molecule has 26 heavy (non-hydrogen) atoms. The summed E-state index contributed by atoms with van der Waals surface area (Å²) in [6.07, 6.45) is 1.58. The third kappa shape index (κ3) is 4.03. The highest BCUT2D eigenvalue weighted by Gasteiger charge is 2.39. The molecule has 2 aromatic rings. The van der Waals surface area contributed by atoms with Crippen molar-refractivity contribution < 1.29 is 9.59 Å². The number of carbonyl (C=O) groups excluding carboxylic acids is 2. The Morgan fingerprint density at radius 1 is 1.08 bits per heavy atom. The van der Waals surface area contributed by atoms with E-state index in [2.05, 4.69) is 10.3 Å². The van der Waals surface area contributed by atoms with E-state index in [4.69, 9.17) is 23.2 Å². The van der Waals surface area contributed by atoms with E-state index in [1.807, 2.05) is 18.2 Å². The fourth-order valence-corrected chi connectivity index (χ4v) is 3.17.